The van der Waals surface area contributed by atoms with Gasteiger partial charge in [-0.25, -0.2) is 0 Å². The van der Waals surface area contributed by atoms with Crippen LogP contribution in [-0.4, -0.2) is 9.75 Å². The number of rotatable bonds is 0. The van der Waals surface area contributed by atoms with Crippen LogP contribution in [0.3, 0.4) is 0 Å². The largest absolute Gasteiger partial charge is 0.351 e. The first-order valence-electron chi connectivity index (χ1n) is 0.890. The standard InChI is InChI=1S/CH3Cl2NO/c2-1(3,4)5/h5H,4H2. The van der Waals surface area contributed by atoms with E-state index in [4.69, 9.17) is 5.11 Å². The fourth-order valence-electron chi connectivity index (χ4n) is 0. The molecule has 0 aliphatic heterocycles. The van der Waals surface area contributed by atoms with Crippen molar-refractivity contribution >= 4 is 23.2 Å². The third-order valence-electron chi connectivity index (χ3n) is 0. The molecule has 32 valence electrons. The minimum Gasteiger partial charge on any atom is -0.351 e. The smallest absolute Gasteiger partial charge is 0.271 e. The molecule has 0 aliphatic carbocycles. The minimum atomic E-state index is -2.06. The van der Waals surface area contributed by atoms with Crippen LogP contribution in [-0.2, 0) is 0 Å². The summed E-state index contributed by atoms with van der Waals surface area (Å²) in [7, 11) is 0. The quantitative estimate of drug-likeness (QED) is 0.266. The van der Waals surface area contributed by atoms with E-state index in [9.17, 15) is 0 Å². The van der Waals surface area contributed by atoms with Crippen LogP contribution in [0.4, 0.5) is 0 Å². The summed E-state index contributed by atoms with van der Waals surface area (Å²) in [5, 5.41) is 7.83. The first kappa shape index (κ1) is 5.50. The molecule has 0 heterocycles. The van der Waals surface area contributed by atoms with Crippen molar-refractivity contribution in [3.63, 3.8) is 0 Å². The summed E-state index contributed by atoms with van der Waals surface area (Å²) < 4.78 is -2.06. The SMILES string of the molecule is NC(O)(Cl)Cl. The molecule has 0 bridgehead atoms. The summed E-state index contributed by atoms with van der Waals surface area (Å²) >= 11 is 9.26. The van der Waals surface area contributed by atoms with Crippen molar-refractivity contribution in [1.29, 1.82) is 0 Å². The van der Waals surface area contributed by atoms with E-state index in [1.54, 1.807) is 0 Å². The van der Waals surface area contributed by atoms with E-state index >= 15 is 0 Å². The molecular formula is CH3Cl2NO. The maximum absolute atomic E-state index is 7.83. The van der Waals surface area contributed by atoms with Gasteiger partial charge in [-0.15, -0.1) is 0 Å². The highest BCUT2D eigenvalue weighted by Gasteiger charge is 2.06. The van der Waals surface area contributed by atoms with E-state index < -0.39 is 4.64 Å². The van der Waals surface area contributed by atoms with Crippen LogP contribution in [0.1, 0.15) is 0 Å². The second-order valence-electron chi connectivity index (χ2n) is 0.588. The summed E-state index contributed by atoms with van der Waals surface area (Å²) in [6, 6.07) is 0. The third-order valence-corrected chi connectivity index (χ3v) is 0. The Kier molecular flexibility index (Phi) is 1.44. The molecule has 0 aromatic rings. The van der Waals surface area contributed by atoms with Crippen LogP contribution in [0.5, 0.6) is 0 Å². The highest BCUT2D eigenvalue weighted by molar-refractivity contribution is 6.46. The minimum absolute atomic E-state index is 2.06. The van der Waals surface area contributed by atoms with Gasteiger partial charge in [-0.1, -0.05) is 23.2 Å². The Hall–Kier alpha value is 0.500. The van der Waals surface area contributed by atoms with Crippen LogP contribution < -0.4 is 5.73 Å². The van der Waals surface area contributed by atoms with Crippen molar-refractivity contribution in [2.45, 2.75) is 4.64 Å². The van der Waals surface area contributed by atoms with Crippen molar-refractivity contribution in [3.8, 4) is 0 Å². The van der Waals surface area contributed by atoms with Crippen LogP contribution in [0, 0.1) is 0 Å². The van der Waals surface area contributed by atoms with Crippen LogP contribution in [0.25, 0.3) is 0 Å². The first-order valence-corrected chi connectivity index (χ1v) is 1.65. The Morgan fingerprint density at radius 2 is 1.60 bits per heavy atom. The second-order valence-corrected chi connectivity index (χ2v) is 1.93. The molecule has 0 unspecified atom stereocenters. The Morgan fingerprint density at radius 1 is 1.60 bits per heavy atom. The molecule has 0 fully saturated rings. The molecule has 4 heteroatoms. The predicted octanol–water partition coefficient (Wildman–Crippen LogP) is 0.0263. The molecule has 5 heavy (non-hydrogen) atoms. The topological polar surface area (TPSA) is 46.2 Å². The molecular weight excluding hydrogens is 113 g/mol. The molecule has 0 aliphatic rings. The van der Waals surface area contributed by atoms with Gasteiger partial charge in [-0.2, -0.15) is 0 Å². The first-order chi connectivity index (χ1) is 2.00. The average Bonchev–Trinajstić information content (AvgIpc) is 0.722. The molecule has 0 saturated carbocycles. The van der Waals surface area contributed by atoms with Gasteiger partial charge in [-0.05, 0) is 0 Å². The van der Waals surface area contributed by atoms with Crippen molar-refractivity contribution in [3.05, 3.63) is 0 Å². The zero-order valence-electron chi connectivity index (χ0n) is 2.28. The van der Waals surface area contributed by atoms with Gasteiger partial charge in [0.1, 0.15) is 0 Å². The van der Waals surface area contributed by atoms with E-state index in [1.807, 2.05) is 0 Å². The lowest BCUT2D eigenvalue weighted by molar-refractivity contribution is 0.223. The number of hydrogen-bond acceptors (Lipinski definition) is 2. The van der Waals surface area contributed by atoms with Crippen molar-refractivity contribution in [2.24, 2.45) is 5.73 Å². The van der Waals surface area contributed by atoms with E-state index in [-0.39, 0.29) is 0 Å². The highest BCUT2D eigenvalue weighted by Crippen LogP contribution is 2.04. The molecule has 0 spiro atoms. The average molecular weight is 116 g/mol. The van der Waals surface area contributed by atoms with Crippen molar-refractivity contribution in [2.75, 3.05) is 0 Å². The Morgan fingerprint density at radius 3 is 1.60 bits per heavy atom. The molecule has 3 N–H and O–H groups in total. The number of halogens is 2. The second kappa shape index (κ2) is 1.30. The van der Waals surface area contributed by atoms with Crippen molar-refractivity contribution in [1.82, 2.24) is 0 Å². The van der Waals surface area contributed by atoms with E-state index in [0.717, 1.165) is 0 Å². The molecule has 0 atom stereocenters. The van der Waals surface area contributed by atoms with Crippen LogP contribution in [0.15, 0.2) is 0 Å². The normalized spacial score (nSPS) is 12.0. The molecule has 0 aromatic carbocycles. The zero-order valence-corrected chi connectivity index (χ0v) is 3.79. The number of alkyl halides is 2. The maximum Gasteiger partial charge on any atom is 0.271 e. The number of nitrogens with two attached hydrogens (primary N) is 1. The lowest BCUT2D eigenvalue weighted by atomic mass is 11.3. The van der Waals surface area contributed by atoms with Gasteiger partial charge in [0, 0.05) is 0 Å². The summed E-state index contributed by atoms with van der Waals surface area (Å²) in [5.74, 6) is 0. The number of aliphatic hydroxyl groups is 1. The maximum atomic E-state index is 7.83. The monoisotopic (exact) mass is 115 g/mol. The van der Waals surface area contributed by atoms with Gasteiger partial charge < -0.3 is 5.11 Å². The zero-order chi connectivity index (χ0) is 4.50. The van der Waals surface area contributed by atoms with E-state index in [2.05, 4.69) is 28.9 Å². The molecule has 0 aromatic heterocycles. The van der Waals surface area contributed by atoms with Crippen LogP contribution in [0.2, 0.25) is 0 Å². The Bertz CT molecular complexity index is 25.1. The lowest BCUT2D eigenvalue weighted by Gasteiger charge is -1.97. The lowest BCUT2D eigenvalue weighted by Crippen LogP contribution is -2.23. The van der Waals surface area contributed by atoms with E-state index in [0.29, 0.717) is 0 Å². The molecule has 0 amide bonds. The molecule has 2 nitrogen and oxygen atoms in total. The summed E-state index contributed by atoms with van der Waals surface area (Å²) in [6.45, 7) is 0. The van der Waals surface area contributed by atoms with Gasteiger partial charge in [0.2, 0.25) is 0 Å². The molecule has 0 saturated heterocycles. The van der Waals surface area contributed by atoms with Gasteiger partial charge in [-0.3, -0.25) is 5.73 Å². The summed E-state index contributed by atoms with van der Waals surface area (Å²) in [5.41, 5.74) is 4.44. The molecule has 0 rings (SSSR count). The van der Waals surface area contributed by atoms with Gasteiger partial charge in [0.25, 0.3) is 4.64 Å². The van der Waals surface area contributed by atoms with Gasteiger partial charge in [0.05, 0.1) is 0 Å². The van der Waals surface area contributed by atoms with E-state index in [1.165, 1.54) is 0 Å². The third kappa shape index (κ3) is 113. The highest BCUT2D eigenvalue weighted by atomic mass is 35.5. The predicted molar refractivity (Wildman–Crippen MR) is 20.8 cm³/mol. The fraction of sp³-hybridized carbons (Fsp3) is 1.00. The number of hydrogen-bond donors (Lipinski definition) is 2. The van der Waals surface area contributed by atoms with Gasteiger partial charge >= 0.3 is 0 Å². The van der Waals surface area contributed by atoms with Crippen molar-refractivity contribution < 1.29 is 5.11 Å². The fourth-order valence-corrected chi connectivity index (χ4v) is 0. The summed E-state index contributed by atoms with van der Waals surface area (Å²) in [4.78, 5) is 0. The van der Waals surface area contributed by atoms with Gasteiger partial charge in [0.15, 0.2) is 0 Å². The molecule has 0 radical (unpaired) electrons. The summed E-state index contributed by atoms with van der Waals surface area (Å²) in [6.07, 6.45) is 0. The Balaban J connectivity index is 3.02. The van der Waals surface area contributed by atoms with Crippen LogP contribution >= 0.6 is 23.2 Å². The Labute approximate surface area is 39.5 Å².